The Hall–Kier alpha value is -0.330. The quantitative estimate of drug-likeness (QED) is 0.725. The summed E-state index contributed by atoms with van der Waals surface area (Å²) in [7, 11) is 0. The van der Waals surface area contributed by atoms with Crippen molar-refractivity contribution in [3.05, 3.63) is 0 Å². The van der Waals surface area contributed by atoms with E-state index in [4.69, 9.17) is 4.74 Å². The highest BCUT2D eigenvalue weighted by Gasteiger charge is 2.26. The molecule has 3 nitrogen and oxygen atoms in total. The second-order valence-electron chi connectivity index (χ2n) is 2.87. The average Bonchev–Trinajstić information content (AvgIpc) is 2.04. The summed E-state index contributed by atoms with van der Waals surface area (Å²) in [5, 5.41) is 1.76. The van der Waals surface area contributed by atoms with Crippen molar-refractivity contribution in [2.45, 2.75) is 12.6 Å². The third-order valence-electron chi connectivity index (χ3n) is 1.75. The van der Waals surface area contributed by atoms with E-state index in [1.165, 1.54) is 0 Å². The highest BCUT2D eigenvalue weighted by Crippen LogP contribution is 2.18. The first kappa shape index (κ1) is 10.7. The number of hydrazine groups is 1. The number of nitrogens with one attached hydrogen (secondary N) is 1. The molecule has 1 fully saturated rings. The number of halogens is 3. The van der Waals surface area contributed by atoms with Crippen molar-refractivity contribution in [3.63, 3.8) is 0 Å². The zero-order valence-electron chi connectivity index (χ0n) is 7.23. The summed E-state index contributed by atoms with van der Waals surface area (Å²) in [5.74, 6) is 0. The summed E-state index contributed by atoms with van der Waals surface area (Å²) in [6.07, 6.45) is -4.86. The maximum Gasteiger partial charge on any atom is 0.390 e. The van der Waals surface area contributed by atoms with Gasteiger partial charge in [-0.2, -0.15) is 13.2 Å². The Morgan fingerprint density at radius 2 is 1.85 bits per heavy atom. The SMILES string of the molecule is FC(F)(F)CCNN1CCOCC1. The summed E-state index contributed by atoms with van der Waals surface area (Å²) < 4.78 is 40.2. The molecule has 0 spiro atoms. The number of rotatable bonds is 3. The van der Waals surface area contributed by atoms with Crippen LogP contribution in [0.25, 0.3) is 0 Å². The molecule has 13 heavy (non-hydrogen) atoms. The molecule has 0 aromatic carbocycles. The van der Waals surface area contributed by atoms with Gasteiger partial charge in [-0.3, -0.25) is 5.43 Å². The first-order valence-corrected chi connectivity index (χ1v) is 4.21. The Bertz CT molecular complexity index is 145. The molecule has 0 aromatic rings. The van der Waals surface area contributed by atoms with Crippen molar-refractivity contribution in [2.24, 2.45) is 0 Å². The van der Waals surface area contributed by atoms with Gasteiger partial charge in [0.05, 0.1) is 19.6 Å². The lowest BCUT2D eigenvalue weighted by Gasteiger charge is -2.27. The van der Waals surface area contributed by atoms with Crippen LogP contribution in [0.5, 0.6) is 0 Å². The second kappa shape index (κ2) is 4.78. The molecule has 0 radical (unpaired) electrons. The molecule has 0 saturated carbocycles. The predicted molar refractivity (Wildman–Crippen MR) is 41.1 cm³/mol. The van der Waals surface area contributed by atoms with E-state index in [2.05, 4.69) is 5.43 Å². The average molecular weight is 198 g/mol. The molecule has 0 aliphatic carbocycles. The Kier molecular flexibility index (Phi) is 3.95. The number of hydrogen-bond donors (Lipinski definition) is 1. The van der Waals surface area contributed by atoms with E-state index in [9.17, 15) is 13.2 Å². The van der Waals surface area contributed by atoms with Crippen LogP contribution in [0.2, 0.25) is 0 Å². The Labute approximate surface area is 74.8 Å². The molecular weight excluding hydrogens is 185 g/mol. The summed E-state index contributed by atoms with van der Waals surface area (Å²) in [4.78, 5) is 0. The molecule has 0 unspecified atom stereocenters. The topological polar surface area (TPSA) is 24.5 Å². The van der Waals surface area contributed by atoms with Crippen LogP contribution in [-0.2, 0) is 4.74 Å². The highest BCUT2D eigenvalue weighted by molar-refractivity contribution is 4.59. The second-order valence-corrected chi connectivity index (χ2v) is 2.87. The zero-order chi connectivity index (χ0) is 9.73. The molecule has 1 N–H and O–H groups in total. The van der Waals surface area contributed by atoms with Gasteiger partial charge in [-0.05, 0) is 0 Å². The molecule has 0 amide bonds. The Morgan fingerprint density at radius 1 is 1.23 bits per heavy atom. The highest BCUT2D eigenvalue weighted by atomic mass is 19.4. The fraction of sp³-hybridized carbons (Fsp3) is 1.00. The van der Waals surface area contributed by atoms with E-state index >= 15 is 0 Å². The molecule has 0 atom stereocenters. The van der Waals surface area contributed by atoms with Gasteiger partial charge in [0, 0.05) is 19.6 Å². The van der Waals surface area contributed by atoms with Crippen LogP contribution in [0.1, 0.15) is 6.42 Å². The Morgan fingerprint density at radius 3 is 2.38 bits per heavy atom. The monoisotopic (exact) mass is 198 g/mol. The van der Waals surface area contributed by atoms with Crippen molar-refractivity contribution in [2.75, 3.05) is 32.8 Å². The number of nitrogens with zero attached hydrogens (tertiary/aromatic N) is 1. The van der Waals surface area contributed by atoms with Gasteiger partial charge < -0.3 is 4.74 Å². The largest absolute Gasteiger partial charge is 0.390 e. The van der Waals surface area contributed by atoms with Crippen molar-refractivity contribution >= 4 is 0 Å². The van der Waals surface area contributed by atoms with Gasteiger partial charge in [-0.25, -0.2) is 5.01 Å². The van der Waals surface area contributed by atoms with Gasteiger partial charge in [0.25, 0.3) is 0 Å². The van der Waals surface area contributed by atoms with Crippen LogP contribution < -0.4 is 5.43 Å². The fourth-order valence-corrected chi connectivity index (χ4v) is 1.08. The standard InChI is InChI=1S/C7H13F3N2O/c8-7(9,10)1-2-11-12-3-5-13-6-4-12/h11H,1-6H2. The van der Waals surface area contributed by atoms with Crippen LogP contribution in [-0.4, -0.2) is 44.0 Å². The molecule has 78 valence electrons. The number of ether oxygens (including phenoxy) is 1. The molecule has 1 saturated heterocycles. The van der Waals surface area contributed by atoms with Crippen LogP contribution in [0.3, 0.4) is 0 Å². The maximum atomic E-state index is 11.7. The van der Waals surface area contributed by atoms with Gasteiger partial charge in [0.15, 0.2) is 0 Å². The summed E-state index contributed by atoms with van der Waals surface area (Å²) in [6.45, 7) is 2.41. The molecule has 0 aromatic heterocycles. The van der Waals surface area contributed by atoms with Crippen LogP contribution >= 0.6 is 0 Å². The minimum atomic E-state index is -4.07. The maximum absolute atomic E-state index is 11.7. The van der Waals surface area contributed by atoms with Crippen molar-refractivity contribution in [3.8, 4) is 0 Å². The van der Waals surface area contributed by atoms with Gasteiger partial charge in [0.1, 0.15) is 0 Å². The minimum Gasteiger partial charge on any atom is -0.379 e. The molecule has 1 aliphatic heterocycles. The van der Waals surface area contributed by atoms with Crippen LogP contribution in [0.4, 0.5) is 13.2 Å². The third kappa shape index (κ3) is 5.07. The summed E-state index contributed by atoms with van der Waals surface area (Å²) in [5.41, 5.74) is 2.71. The molecule has 0 bridgehead atoms. The van der Waals surface area contributed by atoms with E-state index in [1.54, 1.807) is 5.01 Å². The predicted octanol–water partition coefficient (Wildman–Crippen LogP) is 0.776. The van der Waals surface area contributed by atoms with Crippen molar-refractivity contribution in [1.82, 2.24) is 10.4 Å². The summed E-state index contributed by atoms with van der Waals surface area (Å²) in [6, 6.07) is 0. The lowest BCUT2D eigenvalue weighted by Crippen LogP contribution is -2.46. The third-order valence-corrected chi connectivity index (χ3v) is 1.75. The van der Waals surface area contributed by atoms with E-state index in [1.807, 2.05) is 0 Å². The first-order valence-electron chi connectivity index (χ1n) is 4.21. The van der Waals surface area contributed by atoms with E-state index in [-0.39, 0.29) is 6.54 Å². The number of alkyl halides is 3. The van der Waals surface area contributed by atoms with Crippen molar-refractivity contribution in [1.29, 1.82) is 0 Å². The van der Waals surface area contributed by atoms with Gasteiger partial charge in [-0.1, -0.05) is 0 Å². The normalized spacial score (nSPS) is 20.5. The van der Waals surface area contributed by atoms with E-state index < -0.39 is 12.6 Å². The summed E-state index contributed by atoms with van der Waals surface area (Å²) >= 11 is 0. The van der Waals surface area contributed by atoms with Crippen LogP contribution in [0, 0.1) is 0 Å². The van der Waals surface area contributed by atoms with Gasteiger partial charge in [0.2, 0.25) is 0 Å². The Balaban J connectivity index is 2.04. The van der Waals surface area contributed by atoms with Gasteiger partial charge >= 0.3 is 6.18 Å². The molecule has 1 aliphatic rings. The zero-order valence-corrected chi connectivity index (χ0v) is 7.23. The van der Waals surface area contributed by atoms with Crippen LogP contribution in [0.15, 0.2) is 0 Å². The van der Waals surface area contributed by atoms with E-state index in [0.717, 1.165) is 0 Å². The molecule has 1 rings (SSSR count). The smallest absolute Gasteiger partial charge is 0.379 e. The first-order chi connectivity index (χ1) is 6.08. The number of hydrogen-bond acceptors (Lipinski definition) is 3. The minimum absolute atomic E-state index is 0.0521. The molecule has 6 heteroatoms. The van der Waals surface area contributed by atoms with Gasteiger partial charge in [-0.15, -0.1) is 0 Å². The fourth-order valence-electron chi connectivity index (χ4n) is 1.08. The lowest BCUT2D eigenvalue weighted by molar-refractivity contribution is -0.136. The molecular formula is C7H13F3N2O. The lowest BCUT2D eigenvalue weighted by atomic mass is 10.4. The number of morpholine rings is 1. The van der Waals surface area contributed by atoms with Crippen molar-refractivity contribution < 1.29 is 17.9 Å². The molecule has 1 heterocycles. The van der Waals surface area contributed by atoms with E-state index in [0.29, 0.717) is 26.3 Å².